The summed E-state index contributed by atoms with van der Waals surface area (Å²) in [6.45, 7) is 7.38. The molecule has 1 amide bonds. The number of hydrogen-bond acceptors (Lipinski definition) is 3. The Morgan fingerprint density at radius 1 is 1.03 bits per heavy atom. The van der Waals surface area contributed by atoms with Crippen LogP contribution in [-0.2, 0) is 17.7 Å². The van der Waals surface area contributed by atoms with Gasteiger partial charge in [0.05, 0.1) is 16.1 Å². The maximum atomic E-state index is 13.6. The number of likely N-dealkylation sites (tertiary alicyclic amines) is 1. The van der Waals surface area contributed by atoms with Gasteiger partial charge in [0.25, 0.3) is 0 Å². The Morgan fingerprint density at radius 3 is 2.41 bits per heavy atom. The van der Waals surface area contributed by atoms with Crippen molar-refractivity contribution in [2.45, 2.75) is 71.1 Å². The summed E-state index contributed by atoms with van der Waals surface area (Å²) in [5.74, 6) is 0. The van der Waals surface area contributed by atoms with Gasteiger partial charge in [-0.3, -0.25) is 9.13 Å². The van der Waals surface area contributed by atoms with Gasteiger partial charge in [0.1, 0.15) is 5.60 Å². The zero-order chi connectivity index (χ0) is 24.3. The fourth-order valence-corrected chi connectivity index (χ4v) is 4.98. The smallest absolute Gasteiger partial charge is 0.410 e. The average molecular weight is 484 g/mol. The number of piperidine rings is 1. The van der Waals surface area contributed by atoms with E-state index in [1.807, 2.05) is 54.2 Å². The number of rotatable bonds is 6. The Morgan fingerprint density at radius 2 is 1.74 bits per heavy atom. The molecule has 3 aromatic rings. The van der Waals surface area contributed by atoms with Crippen LogP contribution in [0.15, 0.2) is 53.3 Å². The number of para-hydroxylation sites is 1. The Kier molecular flexibility index (Phi) is 7.36. The van der Waals surface area contributed by atoms with Gasteiger partial charge in [-0.25, -0.2) is 9.59 Å². The molecule has 0 aliphatic carbocycles. The number of fused-ring (bicyclic) bond motifs is 1. The van der Waals surface area contributed by atoms with Gasteiger partial charge in [-0.2, -0.15) is 0 Å². The molecule has 1 fully saturated rings. The summed E-state index contributed by atoms with van der Waals surface area (Å²) < 4.78 is 9.25. The molecule has 1 saturated heterocycles. The molecule has 0 unspecified atom stereocenters. The van der Waals surface area contributed by atoms with Gasteiger partial charge in [-0.1, -0.05) is 48.0 Å². The first-order valence-electron chi connectivity index (χ1n) is 12.2. The molecule has 182 valence electrons. The molecule has 0 saturated carbocycles. The second-order valence-corrected chi connectivity index (χ2v) is 10.5. The Hall–Kier alpha value is -2.73. The predicted octanol–water partition coefficient (Wildman–Crippen LogP) is 6.05. The number of imidazole rings is 1. The van der Waals surface area contributed by atoms with Crippen LogP contribution in [0.5, 0.6) is 0 Å². The van der Waals surface area contributed by atoms with Crippen LogP contribution < -0.4 is 5.69 Å². The Labute approximate surface area is 206 Å². The number of carbonyl (C=O) groups is 1. The molecule has 2 aromatic carbocycles. The van der Waals surface area contributed by atoms with Gasteiger partial charge in [0.2, 0.25) is 0 Å². The minimum atomic E-state index is -0.521. The number of aryl methyl sites for hydroxylation is 2. The van der Waals surface area contributed by atoms with Gasteiger partial charge >= 0.3 is 11.8 Å². The summed E-state index contributed by atoms with van der Waals surface area (Å²) in [5, 5.41) is 0.590. The first-order chi connectivity index (χ1) is 16.2. The van der Waals surface area contributed by atoms with E-state index in [0.717, 1.165) is 30.3 Å². The highest BCUT2D eigenvalue weighted by Crippen LogP contribution is 2.30. The molecule has 4 rings (SSSR count). The fraction of sp³-hybridized carbons (Fsp3) is 0.481. The lowest BCUT2D eigenvalue weighted by Crippen LogP contribution is -2.43. The van der Waals surface area contributed by atoms with Gasteiger partial charge < -0.3 is 9.64 Å². The monoisotopic (exact) mass is 483 g/mol. The summed E-state index contributed by atoms with van der Waals surface area (Å²) in [4.78, 5) is 27.8. The number of ether oxygens (including phenoxy) is 1. The number of benzene rings is 2. The number of unbranched alkanes of at least 4 members (excludes halogenated alkanes) is 1. The molecular formula is C27H34ClN3O3. The number of hydrogen-bond donors (Lipinski definition) is 0. The summed E-state index contributed by atoms with van der Waals surface area (Å²) in [7, 11) is 0. The Bertz CT molecular complexity index is 1190. The van der Waals surface area contributed by atoms with E-state index in [4.69, 9.17) is 16.3 Å². The molecule has 6 nitrogen and oxygen atoms in total. The number of nitrogens with zero attached hydrogens (tertiary/aromatic N) is 3. The highest BCUT2D eigenvalue weighted by molar-refractivity contribution is 6.35. The fourth-order valence-electron chi connectivity index (χ4n) is 4.72. The van der Waals surface area contributed by atoms with Gasteiger partial charge in [0, 0.05) is 25.7 Å². The van der Waals surface area contributed by atoms with Crippen molar-refractivity contribution in [2.24, 2.45) is 0 Å². The maximum absolute atomic E-state index is 13.6. The molecule has 0 spiro atoms. The lowest BCUT2D eigenvalue weighted by Gasteiger charge is -2.33. The topological polar surface area (TPSA) is 56.5 Å². The van der Waals surface area contributed by atoms with Crippen molar-refractivity contribution in [3.05, 3.63) is 69.6 Å². The normalized spacial score (nSPS) is 15.1. The number of aromatic nitrogens is 2. The van der Waals surface area contributed by atoms with E-state index in [-0.39, 0.29) is 17.8 Å². The Balaban J connectivity index is 1.49. The van der Waals surface area contributed by atoms with Crippen molar-refractivity contribution in [2.75, 3.05) is 13.1 Å². The van der Waals surface area contributed by atoms with Crippen molar-refractivity contribution in [1.82, 2.24) is 14.0 Å². The molecule has 0 atom stereocenters. The third-order valence-electron chi connectivity index (χ3n) is 6.36. The van der Waals surface area contributed by atoms with E-state index in [2.05, 4.69) is 24.3 Å². The van der Waals surface area contributed by atoms with Crippen molar-refractivity contribution >= 4 is 28.7 Å². The summed E-state index contributed by atoms with van der Waals surface area (Å²) in [6.07, 6.45) is 4.01. The minimum absolute atomic E-state index is 0.000782. The SMILES string of the molecule is CC(C)(C)OC(=O)N1CCC(n2c(=O)n(CCCCc3ccccc3)c3cccc(Cl)c32)CC1. The largest absolute Gasteiger partial charge is 0.444 e. The van der Waals surface area contributed by atoms with Crippen LogP contribution in [0.2, 0.25) is 5.02 Å². The third-order valence-corrected chi connectivity index (χ3v) is 6.66. The van der Waals surface area contributed by atoms with Crippen LogP contribution in [-0.4, -0.2) is 38.8 Å². The van der Waals surface area contributed by atoms with Crippen LogP contribution in [0.3, 0.4) is 0 Å². The summed E-state index contributed by atoms with van der Waals surface area (Å²) in [6, 6.07) is 16.1. The molecule has 7 heteroatoms. The molecule has 0 N–H and O–H groups in total. The highest BCUT2D eigenvalue weighted by Gasteiger charge is 2.30. The van der Waals surface area contributed by atoms with Crippen molar-refractivity contribution in [1.29, 1.82) is 0 Å². The van der Waals surface area contributed by atoms with Crippen molar-refractivity contribution < 1.29 is 9.53 Å². The molecule has 1 aromatic heterocycles. The van der Waals surface area contributed by atoms with Crippen molar-refractivity contribution in [3.63, 3.8) is 0 Å². The van der Waals surface area contributed by atoms with Gasteiger partial charge in [-0.05, 0) is 70.6 Å². The van der Waals surface area contributed by atoms with E-state index in [1.165, 1.54) is 5.56 Å². The minimum Gasteiger partial charge on any atom is -0.444 e. The standard InChI is InChI=1S/C27H34ClN3O3/c1-27(2,3)34-26(33)29-18-15-21(16-19-29)31-24-22(28)13-9-14-23(24)30(25(31)32)17-8-7-12-20-10-5-4-6-11-20/h4-6,9-11,13-14,21H,7-8,12,15-19H2,1-3H3. The van der Waals surface area contributed by atoms with E-state index in [1.54, 1.807) is 4.90 Å². The molecule has 34 heavy (non-hydrogen) atoms. The van der Waals surface area contributed by atoms with Crippen LogP contribution in [0.25, 0.3) is 11.0 Å². The van der Waals surface area contributed by atoms with Crippen LogP contribution in [0, 0.1) is 0 Å². The van der Waals surface area contributed by atoms with Gasteiger partial charge in [0.15, 0.2) is 0 Å². The van der Waals surface area contributed by atoms with Crippen LogP contribution in [0.1, 0.15) is 58.1 Å². The lowest BCUT2D eigenvalue weighted by atomic mass is 10.0. The number of carbonyl (C=O) groups excluding carboxylic acids is 1. The average Bonchev–Trinajstić information content (AvgIpc) is 3.09. The van der Waals surface area contributed by atoms with E-state index >= 15 is 0 Å². The van der Waals surface area contributed by atoms with E-state index in [9.17, 15) is 9.59 Å². The van der Waals surface area contributed by atoms with Gasteiger partial charge in [-0.15, -0.1) is 0 Å². The predicted molar refractivity (Wildman–Crippen MR) is 137 cm³/mol. The zero-order valence-electron chi connectivity index (χ0n) is 20.3. The molecular weight excluding hydrogens is 450 g/mol. The first kappa shape index (κ1) is 24.4. The quantitative estimate of drug-likeness (QED) is 0.401. The maximum Gasteiger partial charge on any atom is 0.410 e. The summed E-state index contributed by atoms with van der Waals surface area (Å²) in [5.41, 5.74) is 2.46. The molecule has 1 aliphatic rings. The lowest BCUT2D eigenvalue weighted by molar-refractivity contribution is 0.0188. The first-order valence-corrected chi connectivity index (χ1v) is 12.5. The number of amides is 1. The summed E-state index contributed by atoms with van der Waals surface area (Å²) >= 11 is 6.60. The third kappa shape index (κ3) is 5.49. The van der Waals surface area contributed by atoms with E-state index < -0.39 is 5.60 Å². The molecule has 2 heterocycles. The van der Waals surface area contributed by atoms with E-state index in [0.29, 0.717) is 37.5 Å². The molecule has 0 bridgehead atoms. The van der Waals surface area contributed by atoms with Crippen LogP contribution in [0.4, 0.5) is 4.79 Å². The molecule has 1 aliphatic heterocycles. The van der Waals surface area contributed by atoms with Crippen LogP contribution >= 0.6 is 11.6 Å². The number of halogens is 1. The highest BCUT2D eigenvalue weighted by atomic mass is 35.5. The second-order valence-electron chi connectivity index (χ2n) is 10.1. The van der Waals surface area contributed by atoms with Crippen molar-refractivity contribution in [3.8, 4) is 0 Å². The second kappa shape index (κ2) is 10.3. The molecule has 0 radical (unpaired) electrons. The zero-order valence-corrected chi connectivity index (χ0v) is 21.1.